The molecule has 0 bridgehead atoms. The molecular weight excluding hydrogens is 256 g/mol. The van der Waals surface area contributed by atoms with Crippen molar-refractivity contribution in [3.8, 4) is 0 Å². The molecule has 0 aliphatic heterocycles. The normalized spacial score (nSPS) is 10.5. The zero-order valence-electron chi connectivity index (χ0n) is 12.7. The van der Waals surface area contributed by atoms with Gasteiger partial charge in [-0.25, -0.2) is 0 Å². The lowest BCUT2D eigenvalue weighted by atomic mass is 10.1. The van der Waals surface area contributed by atoms with E-state index in [0.29, 0.717) is 13.0 Å². The highest BCUT2D eigenvalue weighted by molar-refractivity contribution is 5.96. The Hall–Kier alpha value is -0.940. The summed E-state index contributed by atoms with van der Waals surface area (Å²) in [6.45, 7) is 2.63. The number of aliphatic hydroxyl groups excluding tert-OH is 1. The van der Waals surface area contributed by atoms with E-state index in [2.05, 4.69) is 17.6 Å². The van der Waals surface area contributed by atoms with Crippen LogP contribution in [0.2, 0.25) is 0 Å². The summed E-state index contributed by atoms with van der Waals surface area (Å²) in [7, 11) is 0. The van der Waals surface area contributed by atoms with Crippen molar-refractivity contribution in [1.29, 1.82) is 0 Å². The number of carbonyl (C=O) groups excluding carboxylic acids is 2. The van der Waals surface area contributed by atoms with Gasteiger partial charge in [0.1, 0.15) is 0 Å². The van der Waals surface area contributed by atoms with Crippen LogP contribution < -0.4 is 10.6 Å². The smallest absolute Gasteiger partial charge is 0.240 e. The van der Waals surface area contributed by atoms with Gasteiger partial charge in [-0.05, 0) is 6.42 Å². The first-order valence-electron chi connectivity index (χ1n) is 7.85. The Balaban J connectivity index is 3.33. The average molecular weight is 286 g/mol. The molecule has 5 nitrogen and oxygen atoms in total. The zero-order valence-corrected chi connectivity index (χ0v) is 12.7. The fourth-order valence-electron chi connectivity index (χ4n) is 1.96. The number of hydrogen-bond acceptors (Lipinski definition) is 4. The minimum Gasteiger partial charge on any atom is -0.395 e. The predicted octanol–water partition coefficient (Wildman–Crippen LogP) is 1.74. The van der Waals surface area contributed by atoms with E-state index in [1.807, 2.05) is 0 Å². The van der Waals surface area contributed by atoms with Crippen LogP contribution in [0.1, 0.15) is 64.7 Å². The van der Waals surface area contributed by atoms with Gasteiger partial charge in [0.25, 0.3) is 0 Å². The lowest BCUT2D eigenvalue weighted by molar-refractivity contribution is -0.130. The van der Waals surface area contributed by atoms with Crippen LogP contribution in [0.3, 0.4) is 0 Å². The summed E-state index contributed by atoms with van der Waals surface area (Å²) in [4.78, 5) is 22.7. The molecule has 0 spiro atoms. The Labute approximate surface area is 122 Å². The molecule has 0 atom stereocenters. The Kier molecular flexibility index (Phi) is 13.8. The first-order valence-corrected chi connectivity index (χ1v) is 7.85. The molecule has 0 aromatic rings. The molecular formula is C15H30N2O3. The molecule has 0 saturated carbocycles. The van der Waals surface area contributed by atoms with Gasteiger partial charge in [-0.2, -0.15) is 0 Å². The number of amides is 2. The van der Waals surface area contributed by atoms with Crippen LogP contribution in [0, 0.1) is 0 Å². The van der Waals surface area contributed by atoms with E-state index in [1.165, 1.54) is 38.5 Å². The minimum atomic E-state index is -0.331. The second-order valence-corrected chi connectivity index (χ2v) is 5.10. The molecule has 3 N–H and O–H groups in total. The van der Waals surface area contributed by atoms with Gasteiger partial charge in [0.15, 0.2) is 0 Å². The van der Waals surface area contributed by atoms with E-state index in [9.17, 15) is 9.59 Å². The van der Waals surface area contributed by atoms with Crippen molar-refractivity contribution in [1.82, 2.24) is 10.6 Å². The monoisotopic (exact) mass is 286 g/mol. The Morgan fingerprint density at radius 3 is 2.10 bits per heavy atom. The molecule has 0 rings (SSSR count). The van der Waals surface area contributed by atoms with Gasteiger partial charge < -0.3 is 10.4 Å². The summed E-state index contributed by atoms with van der Waals surface area (Å²) in [5.74, 6) is -0.533. The van der Waals surface area contributed by atoms with Gasteiger partial charge >= 0.3 is 0 Å². The Morgan fingerprint density at radius 1 is 0.900 bits per heavy atom. The topological polar surface area (TPSA) is 78.4 Å². The Morgan fingerprint density at radius 2 is 1.50 bits per heavy atom. The van der Waals surface area contributed by atoms with Crippen LogP contribution in [0.5, 0.6) is 0 Å². The van der Waals surface area contributed by atoms with E-state index in [4.69, 9.17) is 5.11 Å². The molecule has 0 heterocycles. The highest BCUT2D eigenvalue weighted by atomic mass is 16.3. The summed E-state index contributed by atoms with van der Waals surface area (Å²) < 4.78 is 0. The molecule has 0 radical (unpaired) electrons. The summed E-state index contributed by atoms with van der Waals surface area (Å²) in [5.41, 5.74) is 0. The fourth-order valence-corrected chi connectivity index (χ4v) is 1.96. The van der Waals surface area contributed by atoms with Crippen LogP contribution in [0.4, 0.5) is 0 Å². The zero-order chi connectivity index (χ0) is 15.1. The van der Waals surface area contributed by atoms with Crippen molar-refractivity contribution < 1.29 is 14.7 Å². The molecule has 118 valence electrons. The number of hydrogen-bond donors (Lipinski definition) is 3. The van der Waals surface area contributed by atoms with Crippen LogP contribution >= 0.6 is 0 Å². The number of rotatable bonds is 13. The van der Waals surface area contributed by atoms with E-state index in [0.717, 1.165) is 12.8 Å². The van der Waals surface area contributed by atoms with Gasteiger partial charge in [0.2, 0.25) is 11.8 Å². The lowest BCUT2D eigenvalue weighted by Gasteiger charge is -2.05. The molecule has 0 fully saturated rings. The van der Waals surface area contributed by atoms with E-state index in [-0.39, 0.29) is 25.0 Å². The minimum absolute atomic E-state index is 0.0144. The standard InChI is InChI=1S/C15H30N2O3/c1-2-3-4-5-6-7-8-9-10-14(19)17-15(20)13-16-11-12-18/h16,18H,2-13H2,1H3,(H,17,19,20). The number of carbonyl (C=O) groups is 2. The first kappa shape index (κ1) is 19.1. The van der Waals surface area contributed by atoms with Gasteiger partial charge in [0.05, 0.1) is 13.2 Å². The van der Waals surface area contributed by atoms with Gasteiger partial charge in [-0.1, -0.05) is 51.9 Å². The maximum atomic E-state index is 11.5. The highest BCUT2D eigenvalue weighted by Gasteiger charge is 2.06. The van der Waals surface area contributed by atoms with Crippen LogP contribution in [0.15, 0.2) is 0 Å². The third kappa shape index (κ3) is 13.5. The van der Waals surface area contributed by atoms with Crippen molar-refractivity contribution >= 4 is 11.8 Å². The summed E-state index contributed by atoms with van der Waals surface area (Å²) in [6, 6.07) is 0. The van der Waals surface area contributed by atoms with Crippen molar-refractivity contribution in [3.05, 3.63) is 0 Å². The molecule has 5 heteroatoms. The van der Waals surface area contributed by atoms with E-state index >= 15 is 0 Å². The van der Waals surface area contributed by atoms with Crippen LogP contribution in [-0.4, -0.2) is 36.6 Å². The predicted molar refractivity (Wildman–Crippen MR) is 80.3 cm³/mol. The molecule has 0 unspecified atom stereocenters. The molecule has 0 saturated heterocycles. The number of nitrogens with one attached hydrogen (secondary N) is 2. The average Bonchev–Trinajstić information content (AvgIpc) is 2.42. The summed E-state index contributed by atoms with van der Waals surface area (Å²) >= 11 is 0. The van der Waals surface area contributed by atoms with Crippen molar-refractivity contribution in [2.24, 2.45) is 0 Å². The first-order chi connectivity index (χ1) is 9.70. The van der Waals surface area contributed by atoms with Crippen molar-refractivity contribution in [2.75, 3.05) is 19.7 Å². The molecule has 2 amide bonds. The highest BCUT2D eigenvalue weighted by Crippen LogP contribution is 2.09. The summed E-state index contributed by atoms with van der Waals surface area (Å²) in [5, 5.41) is 13.6. The maximum absolute atomic E-state index is 11.5. The molecule has 20 heavy (non-hydrogen) atoms. The second kappa shape index (κ2) is 14.5. The van der Waals surface area contributed by atoms with Gasteiger partial charge in [0, 0.05) is 13.0 Å². The largest absolute Gasteiger partial charge is 0.395 e. The van der Waals surface area contributed by atoms with Crippen LogP contribution in [-0.2, 0) is 9.59 Å². The molecule has 0 aromatic carbocycles. The van der Waals surface area contributed by atoms with E-state index < -0.39 is 0 Å². The summed E-state index contributed by atoms with van der Waals surface area (Å²) in [6.07, 6.45) is 9.90. The number of aliphatic hydroxyl groups is 1. The molecule has 0 aromatic heterocycles. The number of unbranched alkanes of at least 4 members (excludes halogenated alkanes) is 7. The maximum Gasteiger partial charge on any atom is 0.240 e. The second-order valence-electron chi connectivity index (χ2n) is 5.10. The fraction of sp³-hybridized carbons (Fsp3) is 0.867. The quantitative estimate of drug-likeness (QED) is 0.451. The van der Waals surface area contributed by atoms with Crippen molar-refractivity contribution in [3.63, 3.8) is 0 Å². The third-order valence-corrected chi connectivity index (χ3v) is 3.11. The van der Waals surface area contributed by atoms with Crippen molar-refractivity contribution in [2.45, 2.75) is 64.7 Å². The molecule has 0 aliphatic rings. The molecule has 0 aliphatic carbocycles. The third-order valence-electron chi connectivity index (χ3n) is 3.11. The van der Waals surface area contributed by atoms with Gasteiger partial charge in [-0.15, -0.1) is 0 Å². The van der Waals surface area contributed by atoms with Gasteiger partial charge in [-0.3, -0.25) is 14.9 Å². The SMILES string of the molecule is CCCCCCCCCCC(=O)NC(=O)CNCCO. The van der Waals surface area contributed by atoms with Crippen LogP contribution in [0.25, 0.3) is 0 Å². The van der Waals surface area contributed by atoms with E-state index in [1.54, 1.807) is 0 Å². The lowest BCUT2D eigenvalue weighted by Crippen LogP contribution is -2.38. The Bertz CT molecular complexity index is 258. The number of imide groups is 1.